The van der Waals surface area contributed by atoms with E-state index in [1.54, 1.807) is 19.1 Å². The van der Waals surface area contributed by atoms with Crippen LogP contribution in [0, 0.1) is 11.7 Å². The summed E-state index contributed by atoms with van der Waals surface area (Å²) in [5.74, 6) is -0.590. The Labute approximate surface area is 211 Å². The molecule has 192 valence electrons. The number of nitrogens with one attached hydrogen (secondary N) is 1. The average Bonchev–Trinajstić information content (AvgIpc) is 3.81. The number of aromatic nitrogens is 2. The normalized spacial score (nSPS) is 22.9. The van der Waals surface area contributed by atoms with E-state index in [-0.39, 0.29) is 47.1 Å². The second kappa shape index (κ2) is 7.61. The van der Waals surface area contributed by atoms with Crippen molar-refractivity contribution >= 4 is 16.9 Å². The molecule has 7 rings (SSSR count). The van der Waals surface area contributed by atoms with Crippen molar-refractivity contribution in [2.24, 2.45) is 5.92 Å². The molecule has 0 bridgehead atoms. The van der Waals surface area contributed by atoms with Gasteiger partial charge in [-0.1, -0.05) is 6.92 Å². The van der Waals surface area contributed by atoms with Crippen molar-refractivity contribution in [1.82, 2.24) is 14.5 Å². The summed E-state index contributed by atoms with van der Waals surface area (Å²) >= 11 is 0. The van der Waals surface area contributed by atoms with Gasteiger partial charge in [0.2, 0.25) is 0 Å². The summed E-state index contributed by atoms with van der Waals surface area (Å²) in [5, 5.41) is 15.1. The van der Waals surface area contributed by atoms with Gasteiger partial charge in [-0.2, -0.15) is 0 Å². The van der Waals surface area contributed by atoms with Gasteiger partial charge < -0.3 is 24.3 Å². The van der Waals surface area contributed by atoms with Crippen LogP contribution < -0.4 is 16.3 Å². The van der Waals surface area contributed by atoms with E-state index in [2.05, 4.69) is 9.88 Å². The number of halogens is 1. The number of pyridine rings is 2. The number of carbonyl (C=O) groups is 1. The van der Waals surface area contributed by atoms with Crippen molar-refractivity contribution in [2.75, 3.05) is 6.54 Å². The smallest absolute Gasteiger partial charge is 0.343 e. The second-order valence-corrected chi connectivity index (χ2v) is 11.1. The number of aliphatic hydroxyl groups is 1. The van der Waals surface area contributed by atoms with Crippen LogP contribution in [0.3, 0.4) is 0 Å². The number of cyclic esters (lactones) is 1. The highest BCUT2D eigenvalue weighted by molar-refractivity contribution is 5.88. The molecule has 2 fully saturated rings. The highest BCUT2D eigenvalue weighted by Gasteiger charge is 2.47. The minimum absolute atomic E-state index is 0.0247. The fourth-order valence-electron chi connectivity index (χ4n) is 6.02. The van der Waals surface area contributed by atoms with Gasteiger partial charge in [0.05, 0.1) is 34.6 Å². The number of carbonyl (C=O) groups excluding carboxylic acids is 1. The van der Waals surface area contributed by atoms with Gasteiger partial charge in [-0.05, 0) is 68.8 Å². The molecule has 2 N–H and O–H groups in total. The molecular formula is C28H28FN3O5. The molecule has 0 radical (unpaired) electrons. The van der Waals surface area contributed by atoms with E-state index in [9.17, 15) is 23.9 Å². The third-order valence-corrected chi connectivity index (χ3v) is 8.72. The van der Waals surface area contributed by atoms with Crippen LogP contribution in [-0.2, 0) is 34.8 Å². The van der Waals surface area contributed by atoms with Crippen LogP contribution in [0.2, 0.25) is 0 Å². The molecule has 9 heteroatoms. The standard InChI is InChI=1S/C28H28FN3O5/c1-2-28(36)19-10-21-23-22(12-31(21)25(34)18(19)13-37-26(28)35)32(14-27(7-8-27)30-11-15-3-4-15)20-6-5-16(29)9-17(20)24(23)33/h5-6,9-10,15,30,36H,2-4,7-8,11-14H2,1H3/t28-/m0/s1. The topological polar surface area (TPSA) is 103 Å². The number of rotatable bonds is 6. The van der Waals surface area contributed by atoms with E-state index in [1.165, 1.54) is 29.5 Å². The summed E-state index contributed by atoms with van der Waals surface area (Å²) in [7, 11) is 0. The van der Waals surface area contributed by atoms with Gasteiger partial charge in [-0.25, -0.2) is 9.18 Å². The Kier molecular flexibility index (Phi) is 4.70. The molecule has 2 aliphatic heterocycles. The summed E-state index contributed by atoms with van der Waals surface area (Å²) in [5.41, 5.74) is -0.390. The number of nitrogens with zero attached hydrogens (tertiary/aromatic N) is 2. The van der Waals surface area contributed by atoms with E-state index < -0.39 is 22.9 Å². The van der Waals surface area contributed by atoms with Gasteiger partial charge in [-0.3, -0.25) is 9.59 Å². The molecule has 4 heterocycles. The Bertz CT molecular complexity index is 1630. The number of fused-ring (bicyclic) bond motifs is 5. The minimum Gasteiger partial charge on any atom is -0.458 e. The van der Waals surface area contributed by atoms with E-state index in [0.717, 1.165) is 25.3 Å². The predicted molar refractivity (Wildman–Crippen MR) is 134 cm³/mol. The molecule has 4 aliphatic rings. The third kappa shape index (κ3) is 3.30. The monoisotopic (exact) mass is 505 g/mol. The number of hydrogen-bond donors (Lipinski definition) is 2. The van der Waals surface area contributed by atoms with Crippen LogP contribution in [0.1, 0.15) is 55.8 Å². The quantitative estimate of drug-likeness (QED) is 0.391. The van der Waals surface area contributed by atoms with E-state index in [0.29, 0.717) is 29.0 Å². The van der Waals surface area contributed by atoms with Gasteiger partial charge >= 0.3 is 5.97 Å². The Morgan fingerprint density at radius 1 is 1.19 bits per heavy atom. The summed E-state index contributed by atoms with van der Waals surface area (Å²) in [6.45, 7) is 3.16. The summed E-state index contributed by atoms with van der Waals surface area (Å²) in [6.07, 6.45) is 4.54. The minimum atomic E-state index is -1.96. The van der Waals surface area contributed by atoms with Crippen LogP contribution >= 0.6 is 0 Å². The fraction of sp³-hybridized carbons (Fsp3) is 0.464. The molecule has 3 aromatic rings. The lowest BCUT2D eigenvalue weighted by molar-refractivity contribution is -0.172. The Hall–Kier alpha value is -3.30. The van der Waals surface area contributed by atoms with Crippen molar-refractivity contribution in [3.8, 4) is 11.3 Å². The Balaban J connectivity index is 1.45. The summed E-state index contributed by atoms with van der Waals surface area (Å²) in [4.78, 5) is 39.9. The van der Waals surface area contributed by atoms with Crippen molar-refractivity contribution in [1.29, 1.82) is 0 Å². The highest BCUT2D eigenvalue weighted by atomic mass is 19.1. The van der Waals surface area contributed by atoms with E-state index >= 15 is 0 Å². The van der Waals surface area contributed by atoms with Gasteiger partial charge in [0, 0.05) is 23.0 Å². The van der Waals surface area contributed by atoms with Crippen molar-refractivity contribution in [2.45, 2.75) is 69.9 Å². The molecule has 2 saturated carbocycles. The Morgan fingerprint density at radius 2 is 1.97 bits per heavy atom. The zero-order valence-electron chi connectivity index (χ0n) is 20.6. The molecule has 2 aliphatic carbocycles. The molecule has 37 heavy (non-hydrogen) atoms. The molecule has 2 aromatic heterocycles. The number of ether oxygens (including phenoxy) is 1. The molecule has 0 saturated heterocycles. The zero-order chi connectivity index (χ0) is 25.7. The molecule has 1 aromatic carbocycles. The first kappa shape index (κ1) is 22.9. The van der Waals surface area contributed by atoms with E-state index in [1.807, 2.05) is 0 Å². The third-order valence-electron chi connectivity index (χ3n) is 8.72. The average molecular weight is 506 g/mol. The zero-order valence-corrected chi connectivity index (χ0v) is 20.6. The molecule has 1 atom stereocenters. The fourth-order valence-corrected chi connectivity index (χ4v) is 6.02. The molecule has 0 amide bonds. The lowest BCUT2D eigenvalue weighted by Gasteiger charge is -2.31. The van der Waals surface area contributed by atoms with E-state index in [4.69, 9.17) is 4.74 Å². The maximum Gasteiger partial charge on any atom is 0.343 e. The molecule has 0 unspecified atom stereocenters. The Morgan fingerprint density at radius 3 is 2.68 bits per heavy atom. The molecule has 8 nitrogen and oxygen atoms in total. The van der Waals surface area contributed by atoms with Gasteiger partial charge in [0.15, 0.2) is 11.0 Å². The first-order chi connectivity index (χ1) is 17.7. The van der Waals surface area contributed by atoms with Crippen molar-refractivity contribution in [3.05, 3.63) is 67.5 Å². The van der Waals surface area contributed by atoms with Gasteiger partial charge in [-0.15, -0.1) is 0 Å². The van der Waals surface area contributed by atoms with Crippen LogP contribution in [0.4, 0.5) is 4.39 Å². The predicted octanol–water partition coefficient (Wildman–Crippen LogP) is 2.52. The lowest BCUT2D eigenvalue weighted by Crippen LogP contribution is -2.44. The van der Waals surface area contributed by atoms with Gasteiger partial charge in [0.25, 0.3) is 5.56 Å². The van der Waals surface area contributed by atoms with Crippen LogP contribution in [0.25, 0.3) is 22.2 Å². The molecule has 0 spiro atoms. The SMILES string of the molecule is CC[C@@]1(O)C(=O)OCc2c1cc1n(c2=O)Cc2c-1c(=O)c1cc(F)ccc1n2CC1(NCC2CC2)CC1. The second-order valence-electron chi connectivity index (χ2n) is 11.1. The summed E-state index contributed by atoms with van der Waals surface area (Å²) < 4.78 is 23.1. The lowest BCUT2D eigenvalue weighted by atomic mass is 9.85. The first-order valence-electron chi connectivity index (χ1n) is 13.0. The van der Waals surface area contributed by atoms with Crippen LogP contribution in [-0.4, -0.2) is 32.3 Å². The number of hydrogen-bond acceptors (Lipinski definition) is 6. The number of benzene rings is 1. The first-order valence-corrected chi connectivity index (χ1v) is 13.0. The van der Waals surface area contributed by atoms with Crippen LogP contribution in [0.15, 0.2) is 33.9 Å². The van der Waals surface area contributed by atoms with Crippen molar-refractivity contribution < 1.29 is 19.0 Å². The molecular weight excluding hydrogens is 477 g/mol. The maximum absolute atomic E-state index is 14.3. The number of esters is 1. The summed E-state index contributed by atoms with van der Waals surface area (Å²) in [6, 6.07) is 5.84. The van der Waals surface area contributed by atoms with Crippen LogP contribution in [0.5, 0.6) is 0 Å². The largest absolute Gasteiger partial charge is 0.458 e. The van der Waals surface area contributed by atoms with Crippen molar-refractivity contribution in [3.63, 3.8) is 0 Å². The van der Waals surface area contributed by atoms with Gasteiger partial charge in [0.1, 0.15) is 12.4 Å². The maximum atomic E-state index is 14.3. The highest BCUT2D eigenvalue weighted by Crippen LogP contribution is 2.42.